The molecule has 2 aromatic carbocycles. The number of carboxylic acid groups (broad SMARTS) is 1. The standard InChI is InChI=1S/C77H115N19O21S/c1-35(2)25-50-68(108)86-49(23-24-78)67(107)88-51(26-36(3)4)72(112)94-62(38(7)8)76(116)95-63(43(13)98)77(117)92-56(74(114)83-39(9)64(80)104)33-118-34-58(100)85-54(29-57(79)99)70(110)89-52(27-44-19-21-45(22-20-44)42(12)97)69(109)91-55(30-60(102)103)71(111)90-53(28-46-31-81-48-18-16-15-17-47(46)48)73(113)93-61(37(5)6)75(115)84-40(10)65(105)82-32-59(101)96(14)41(11)66(106)87-50/h15-22,31,35-41,43,49-56,61-63,81,97-98H,12,23-30,32-34,78H2,1-11,13-14H3,(H2,79,99)(H2,80,104)(H,82,105)(H,83,114)(H,84,115)(H,85,100)(H,86,108)(H,87,106)(H,88,107)(H,89,110)(H,90,111)(H,91,109)(H,92,117)(H,93,113)(H,94,112)(H,95,116)(H,102,103)/t39?,40-,41?,43+,49-,50?,51-,52-,53-,54-,55-,56?,61?,62-,63?/m0/s1. The van der Waals surface area contributed by atoms with Crippen molar-refractivity contribution in [1.29, 1.82) is 0 Å². The molecule has 118 heavy (non-hydrogen) atoms. The van der Waals surface area contributed by atoms with E-state index in [-0.39, 0.29) is 60.9 Å². The maximum absolute atomic E-state index is 14.8. The van der Waals surface area contributed by atoms with Crippen molar-refractivity contribution in [2.24, 2.45) is 40.9 Å². The second kappa shape index (κ2) is 46.9. The number of hydrogen-bond acceptors (Lipinski definition) is 22. The van der Waals surface area contributed by atoms with Crippen molar-refractivity contribution in [3.05, 3.63) is 78.0 Å². The number of H-pyrrole nitrogens is 1. The molecule has 4 rings (SSSR count). The number of carboxylic acids is 1. The summed E-state index contributed by atoms with van der Waals surface area (Å²) in [4.78, 5) is 256. The van der Waals surface area contributed by atoms with Crippen molar-refractivity contribution in [3.8, 4) is 0 Å². The number of aliphatic hydroxyl groups is 2. The molecule has 0 saturated carbocycles. The smallest absolute Gasteiger partial charge is 0.305 e. The summed E-state index contributed by atoms with van der Waals surface area (Å²) in [6.07, 6.45) is -3.48. The Kier molecular flexibility index (Phi) is 39.2. The number of aliphatic carboxylic acids is 1. The quantitative estimate of drug-likeness (QED) is 0.0447. The zero-order valence-corrected chi connectivity index (χ0v) is 69.2. The molecule has 0 aliphatic carbocycles. The van der Waals surface area contributed by atoms with E-state index in [1.165, 1.54) is 86.0 Å². The molecule has 41 heteroatoms. The summed E-state index contributed by atoms with van der Waals surface area (Å²) in [6, 6.07) is -10.2. The number of fused-ring (bicyclic) bond motifs is 1. The molecular weight excluding hydrogens is 1560 g/mol. The Morgan fingerprint density at radius 3 is 1.54 bits per heavy atom. The van der Waals surface area contributed by atoms with E-state index < -0.39 is 246 Å². The van der Waals surface area contributed by atoms with Crippen molar-refractivity contribution < 1.29 is 102 Å². The number of aliphatic hydroxyl groups excluding tert-OH is 2. The fourth-order valence-corrected chi connectivity index (χ4v) is 12.9. The first-order chi connectivity index (χ1) is 55.2. The van der Waals surface area contributed by atoms with Crippen molar-refractivity contribution in [2.45, 2.75) is 219 Å². The Morgan fingerprint density at radius 2 is 1.02 bits per heavy atom. The highest BCUT2D eigenvalue weighted by molar-refractivity contribution is 8.00. The Hall–Kier alpha value is -11.8. The van der Waals surface area contributed by atoms with Gasteiger partial charge in [0.2, 0.25) is 100 Å². The third-order valence-corrected chi connectivity index (χ3v) is 20.0. The first kappa shape index (κ1) is 98.6. The number of hydrogen-bond donors (Lipinski definition) is 21. The molecule has 17 amide bonds. The van der Waals surface area contributed by atoms with Crippen LogP contribution in [0.1, 0.15) is 132 Å². The average Bonchev–Trinajstić information content (AvgIpc) is 1.62. The predicted octanol–water partition coefficient (Wildman–Crippen LogP) is -4.50. The monoisotopic (exact) mass is 1670 g/mol. The van der Waals surface area contributed by atoms with Gasteiger partial charge in [0.1, 0.15) is 90.3 Å². The number of likely N-dealkylation sites (N-methyl/N-ethyl adjacent to an activating group) is 1. The van der Waals surface area contributed by atoms with Crippen LogP contribution in [-0.4, -0.2) is 254 Å². The molecule has 1 aliphatic heterocycles. The highest BCUT2D eigenvalue weighted by Crippen LogP contribution is 2.21. The van der Waals surface area contributed by atoms with Crippen LogP contribution in [0.2, 0.25) is 0 Å². The van der Waals surface area contributed by atoms with Crippen LogP contribution in [-0.2, 0) is 99.1 Å². The van der Waals surface area contributed by atoms with Crippen LogP contribution in [0, 0.1) is 23.7 Å². The zero-order valence-electron chi connectivity index (χ0n) is 68.4. The minimum absolute atomic E-state index is 0.00680. The number of thioether (sulfide) groups is 1. The largest absolute Gasteiger partial charge is 0.508 e. The summed E-state index contributed by atoms with van der Waals surface area (Å²) in [5.41, 5.74) is 18.5. The lowest BCUT2D eigenvalue weighted by atomic mass is 9.98. The minimum atomic E-state index is -2.09. The molecule has 6 unspecified atom stereocenters. The van der Waals surface area contributed by atoms with Gasteiger partial charge in [-0.15, -0.1) is 11.8 Å². The predicted molar refractivity (Wildman–Crippen MR) is 432 cm³/mol. The number of nitrogens with one attached hydrogen (secondary N) is 15. The van der Waals surface area contributed by atoms with Crippen LogP contribution in [0.3, 0.4) is 0 Å². The second-order valence-electron chi connectivity index (χ2n) is 30.5. The number of carbonyl (C=O) groups is 18. The van der Waals surface area contributed by atoms with Gasteiger partial charge in [0.05, 0.1) is 31.2 Å². The number of amides is 17. The number of rotatable bonds is 21. The van der Waals surface area contributed by atoms with Crippen LogP contribution in [0.25, 0.3) is 16.7 Å². The van der Waals surface area contributed by atoms with Gasteiger partial charge in [0.25, 0.3) is 0 Å². The van der Waals surface area contributed by atoms with E-state index in [2.05, 4.69) is 86.0 Å². The van der Waals surface area contributed by atoms with Crippen molar-refractivity contribution in [1.82, 2.24) is 84.3 Å². The molecule has 2 heterocycles. The van der Waals surface area contributed by atoms with E-state index in [9.17, 15) is 102 Å². The Bertz CT molecular complexity index is 4140. The van der Waals surface area contributed by atoms with Gasteiger partial charge < -0.3 is 117 Å². The van der Waals surface area contributed by atoms with E-state index in [0.29, 0.717) is 28.2 Å². The summed E-state index contributed by atoms with van der Waals surface area (Å²) in [5.74, 6) is -23.1. The van der Waals surface area contributed by atoms with Gasteiger partial charge in [-0.2, -0.15) is 0 Å². The molecular formula is C77H115N19O21S. The Morgan fingerprint density at radius 1 is 0.551 bits per heavy atom. The van der Waals surface area contributed by atoms with E-state index in [1.54, 1.807) is 52.0 Å². The molecule has 40 nitrogen and oxygen atoms in total. The summed E-state index contributed by atoms with van der Waals surface area (Å²) in [5, 5.41) is 66.6. The van der Waals surface area contributed by atoms with E-state index in [1.807, 2.05) is 0 Å². The fourth-order valence-electron chi connectivity index (χ4n) is 12.1. The van der Waals surface area contributed by atoms with Crippen LogP contribution in [0.5, 0.6) is 0 Å². The Balaban J connectivity index is 1.86. The third kappa shape index (κ3) is 31.4. The normalized spacial score (nSPS) is 24.7. The molecule has 650 valence electrons. The number of nitrogens with two attached hydrogens (primary N) is 3. The number of primary amides is 2. The molecule has 15 atom stereocenters. The fraction of sp³-hybridized carbons (Fsp3) is 0.558. The number of aromatic nitrogens is 1. The second-order valence-corrected chi connectivity index (χ2v) is 31.6. The van der Waals surface area contributed by atoms with Crippen LogP contribution < -0.4 is 91.6 Å². The van der Waals surface area contributed by atoms with Crippen molar-refractivity contribution in [3.63, 3.8) is 0 Å². The third-order valence-electron chi connectivity index (χ3n) is 18.9. The zero-order chi connectivity index (χ0) is 88.9. The van der Waals surface area contributed by atoms with Gasteiger partial charge in [-0.1, -0.05) is 104 Å². The van der Waals surface area contributed by atoms with E-state index >= 15 is 0 Å². The first-order valence-electron chi connectivity index (χ1n) is 38.5. The SMILES string of the molecule is C=C(O)c1ccc(C[C@@H]2NC(=O)[C@H](CC(N)=O)NC(=O)CSCC(C(=O)NC(C)C(N)=O)NC(=O)C([C@@H](C)O)NC(=O)[C@H](C(C)C)NC(=O)[C@H](CC(C)C)NC(=O)[C@H](CCN)NC(=O)C(CC(C)C)NC(=O)C(C)N(C)C(=O)CNC(=O)[C@H](C)NC(=O)C(C(C)C)NC(=O)[C@H](Cc3c[nH]c4ccccc34)NC(=O)[C@H](CC(=O)O)NC2=O)cc1. The Labute approximate surface area is 687 Å². The van der Waals surface area contributed by atoms with Gasteiger partial charge in [-0.3, -0.25) is 86.3 Å². The number of para-hydroxylation sites is 1. The summed E-state index contributed by atoms with van der Waals surface area (Å²) < 4.78 is 0. The summed E-state index contributed by atoms with van der Waals surface area (Å²) in [7, 11) is 1.24. The lowest BCUT2D eigenvalue weighted by Gasteiger charge is -2.30. The molecule has 0 bridgehead atoms. The highest BCUT2D eigenvalue weighted by atomic mass is 32.2. The maximum atomic E-state index is 14.8. The highest BCUT2D eigenvalue weighted by Gasteiger charge is 2.40. The van der Waals surface area contributed by atoms with E-state index in [4.69, 9.17) is 17.2 Å². The number of nitrogens with zero attached hydrogens (tertiary/aromatic N) is 1. The van der Waals surface area contributed by atoms with Crippen LogP contribution >= 0.6 is 11.8 Å². The van der Waals surface area contributed by atoms with Crippen molar-refractivity contribution >= 4 is 135 Å². The first-order valence-corrected chi connectivity index (χ1v) is 39.6. The molecule has 1 fully saturated rings. The molecule has 1 saturated heterocycles. The van der Waals surface area contributed by atoms with Gasteiger partial charge >= 0.3 is 5.97 Å². The summed E-state index contributed by atoms with van der Waals surface area (Å²) >= 11 is 0.614. The van der Waals surface area contributed by atoms with Gasteiger partial charge in [-0.25, -0.2) is 0 Å². The lowest BCUT2D eigenvalue weighted by molar-refractivity contribution is -0.141. The molecule has 3 aromatic rings. The van der Waals surface area contributed by atoms with Crippen molar-refractivity contribution in [2.75, 3.05) is 31.6 Å². The van der Waals surface area contributed by atoms with Gasteiger partial charge in [0.15, 0.2) is 0 Å². The van der Waals surface area contributed by atoms with E-state index in [0.717, 1.165) is 11.8 Å². The topological polar surface area (TPSA) is 633 Å². The van der Waals surface area contributed by atoms with Gasteiger partial charge in [0, 0.05) is 48.3 Å². The van der Waals surface area contributed by atoms with Crippen LogP contribution in [0.15, 0.2) is 61.3 Å². The lowest BCUT2D eigenvalue weighted by Crippen LogP contribution is -2.62. The minimum Gasteiger partial charge on any atom is -0.508 e. The molecule has 24 N–H and O–H groups in total. The molecule has 0 radical (unpaired) electrons. The number of benzene rings is 2. The van der Waals surface area contributed by atoms with Gasteiger partial charge in [-0.05, 0) is 94.4 Å². The molecule has 1 aromatic heterocycles. The maximum Gasteiger partial charge on any atom is 0.305 e. The molecule has 1 aliphatic rings. The van der Waals surface area contributed by atoms with Crippen LogP contribution in [0.4, 0.5) is 0 Å². The molecule has 0 spiro atoms. The summed E-state index contributed by atoms with van der Waals surface area (Å²) in [6.45, 7) is 20.5. The average molecular weight is 1670 g/mol. The number of carbonyl (C=O) groups excluding carboxylic acids is 17. The number of aromatic amines is 1.